The summed E-state index contributed by atoms with van der Waals surface area (Å²) in [6.07, 6.45) is 0.878. The Morgan fingerprint density at radius 1 is 1.33 bits per heavy atom. The summed E-state index contributed by atoms with van der Waals surface area (Å²) in [7, 11) is 0. The van der Waals surface area contributed by atoms with Crippen LogP contribution in [0.3, 0.4) is 0 Å². The average molecular weight is 221 g/mol. The Morgan fingerprint density at radius 3 is 2.93 bits per heavy atom. The minimum atomic E-state index is 0.662. The van der Waals surface area contributed by atoms with Crippen molar-refractivity contribution >= 4 is 21.4 Å². The molecule has 15 heavy (non-hydrogen) atoms. The molecule has 0 atom stereocenters. The van der Waals surface area contributed by atoms with Crippen molar-refractivity contribution in [3.05, 3.63) is 29.1 Å². The third kappa shape index (κ3) is 1.98. The number of nitrogens with two attached hydrogens (primary N) is 1. The number of hydrogen-bond acceptors (Lipinski definition) is 3. The van der Waals surface area contributed by atoms with Crippen molar-refractivity contribution in [3.63, 3.8) is 0 Å². The first-order valence-corrected chi connectivity index (χ1v) is 6.06. The highest BCUT2D eigenvalue weighted by Gasteiger charge is 2.08. The molecule has 1 aromatic heterocycles. The normalized spacial score (nSPS) is 10.8. The maximum absolute atomic E-state index is 5.63. The monoisotopic (exact) mass is 221 g/mol. The zero-order chi connectivity index (χ0) is 10.7. The Labute approximate surface area is 93.7 Å². The van der Waals surface area contributed by atoms with Crippen LogP contribution < -0.4 is 10.5 Å². The molecule has 1 aromatic carbocycles. The van der Waals surface area contributed by atoms with E-state index < -0.39 is 0 Å². The van der Waals surface area contributed by atoms with E-state index in [4.69, 9.17) is 10.5 Å². The second kappa shape index (κ2) is 4.64. The summed E-state index contributed by atoms with van der Waals surface area (Å²) in [5.74, 6) is 0.980. The van der Waals surface area contributed by atoms with Crippen LogP contribution in [0.2, 0.25) is 0 Å². The largest absolute Gasteiger partial charge is 0.494 e. The van der Waals surface area contributed by atoms with Crippen molar-refractivity contribution in [2.24, 2.45) is 5.73 Å². The number of ether oxygens (including phenoxy) is 1. The predicted molar refractivity (Wildman–Crippen MR) is 65.8 cm³/mol. The number of hydrogen-bond donors (Lipinski definition) is 1. The minimum Gasteiger partial charge on any atom is -0.494 e. The molecule has 0 aliphatic rings. The molecule has 0 radical (unpaired) electrons. The molecule has 0 amide bonds. The summed E-state index contributed by atoms with van der Waals surface area (Å²) < 4.78 is 6.92. The lowest BCUT2D eigenvalue weighted by Crippen LogP contribution is -2.05. The van der Waals surface area contributed by atoms with Crippen molar-refractivity contribution in [2.75, 3.05) is 13.2 Å². The number of fused-ring (bicyclic) bond motifs is 1. The molecule has 0 bridgehead atoms. The molecule has 0 unspecified atom stereocenters. The van der Waals surface area contributed by atoms with Gasteiger partial charge in [0.15, 0.2) is 0 Å². The molecule has 0 aliphatic carbocycles. The Bertz CT molecular complexity index is 450. The van der Waals surface area contributed by atoms with E-state index in [1.54, 1.807) is 11.3 Å². The number of rotatable bonds is 4. The Balaban J connectivity index is 2.53. The maximum Gasteiger partial charge on any atom is 0.123 e. The SMILES string of the molecule is CCOc1ccc2sccc2c1CCN. The second-order valence-electron chi connectivity index (χ2n) is 3.35. The van der Waals surface area contributed by atoms with Gasteiger partial charge >= 0.3 is 0 Å². The lowest BCUT2D eigenvalue weighted by atomic mass is 10.1. The molecule has 3 heteroatoms. The summed E-state index contributed by atoms with van der Waals surface area (Å²) in [5.41, 5.74) is 6.88. The molecule has 0 spiro atoms. The topological polar surface area (TPSA) is 35.2 Å². The Morgan fingerprint density at radius 2 is 2.20 bits per heavy atom. The van der Waals surface area contributed by atoms with Gasteiger partial charge in [0.2, 0.25) is 0 Å². The summed E-state index contributed by atoms with van der Waals surface area (Å²) in [6.45, 7) is 3.37. The summed E-state index contributed by atoms with van der Waals surface area (Å²) >= 11 is 1.76. The van der Waals surface area contributed by atoms with Crippen LogP contribution in [-0.2, 0) is 6.42 Å². The van der Waals surface area contributed by atoms with Gasteiger partial charge in [-0.1, -0.05) is 0 Å². The molecular weight excluding hydrogens is 206 g/mol. The zero-order valence-electron chi connectivity index (χ0n) is 8.82. The predicted octanol–water partition coefficient (Wildman–Crippen LogP) is 2.80. The molecule has 80 valence electrons. The molecule has 0 saturated heterocycles. The van der Waals surface area contributed by atoms with E-state index in [0.717, 1.165) is 12.2 Å². The number of thiophene rings is 1. The van der Waals surface area contributed by atoms with Gasteiger partial charge in [-0.2, -0.15) is 0 Å². The van der Waals surface area contributed by atoms with Crippen molar-refractivity contribution in [3.8, 4) is 5.75 Å². The first-order chi connectivity index (χ1) is 7.36. The van der Waals surface area contributed by atoms with Crippen LogP contribution in [-0.4, -0.2) is 13.2 Å². The van der Waals surface area contributed by atoms with Crippen molar-refractivity contribution in [1.29, 1.82) is 0 Å². The van der Waals surface area contributed by atoms with Crippen LogP contribution in [0.25, 0.3) is 10.1 Å². The van der Waals surface area contributed by atoms with Crippen LogP contribution in [0.1, 0.15) is 12.5 Å². The van der Waals surface area contributed by atoms with Gasteiger partial charge in [-0.3, -0.25) is 0 Å². The standard InChI is InChI=1S/C12H15NOS/c1-2-14-11-3-4-12-10(6-8-15-12)9(11)5-7-13/h3-4,6,8H,2,5,7,13H2,1H3. The van der Waals surface area contributed by atoms with Gasteiger partial charge in [-0.15, -0.1) is 11.3 Å². The van der Waals surface area contributed by atoms with Crippen LogP contribution >= 0.6 is 11.3 Å². The van der Waals surface area contributed by atoms with Gasteiger partial charge in [-0.05, 0) is 48.9 Å². The van der Waals surface area contributed by atoms with Gasteiger partial charge in [-0.25, -0.2) is 0 Å². The number of benzene rings is 1. The highest BCUT2D eigenvalue weighted by Crippen LogP contribution is 2.31. The van der Waals surface area contributed by atoms with Gasteiger partial charge < -0.3 is 10.5 Å². The first-order valence-electron chi connectivity index (χ1n) is 5.18. The smallest absolute Gasteiger partial charge is 0.123 e. The van der Waals surface area contributed by atoms with Gasteiger partial charge in [0.1, 0.15) is 5.75 Å². The summed E-state index contributed by atoms with van der Waals surface area (Å²) in [6, 6.07) is 6.31. The van der Waals surface area contributed by atoms with Gasteiger partial charge in [0.25, 0.3) is 0 Å². The molecule has 2 rings (SSSR count). The summed E-state index contributed by atoms with van der Waals surface area (Å²) in [5, 5.41) is 3.40. The summed E-state index contributed by atoms with van der Waals surface area (Å²) in [4.78, 5) is 0. The molecule has 2 N–H and O–H groups in total. The maximum atomic E-state index is 5.63. The van der Waals surface area contributed by atoms with Crippen LogP contribution in [0.4, 0.5) is 0 Å². The van der Waals surface area contributed by atoms with Crippen LogP contribution in [0.15, 0.2) is 23.6 Å². The second-order valence-corrected chi connectivity index (χ2v) is 4.29. The fourth-order valence-electron chi connectivity index (χ4n) is 1.78. The van der Waals surface area contributed by atoms with E-state index in [2.05, 4.69) is 17.5 Å². The van der Waals surface area contributed by atoms with E-state index in [0.29, 0.717) is 13.2 Å². The molecule has 0 aliphatic heterocycles. The highest BCUT2D eigenvalue weighted by molar-refractivity contribution is 7.17. The lowest BCUT2D eigenvalue weighted by molar-refractivity contribution is 0.337. The minimum absolute atomic E-state index is 0.662. The highest BCUT2D eigenvalue weighted by atomic mass is 32.1. The van der Waals surface area contributed by atoms with Crippen molar-refractivity contribution in [2.45, 2.75) is 13.3 Å². The van der Waals surface area contributed by atoms with E-state index in [1.165, 1.54) is 15.6 Å². The third-order valence-electron chi connectivity index (χ3n) is 2.40. The molecular formula is C12H15NOS. The Hall–Kier alpha value is -1.06. The third-order valence-corrected chi connectivity index (χ3v) is 3.28. The van der Waals surface area contributed by atoms with E-state index >= 15 is 0 Å². The van der Waals surface area contributed by atoms with Gasteiger partial charge in [0.05, 0.1) is 6.61 Å². The molecule has 2 aromatic rings. The molecule has 2 nitrogen and oxygen atoms in total. The average Bonchev–Trinajstić information content (AvgIpc) is 2.70. The zero-order valence-corrected chi connectivity index (χ0v) is 9.64. The van der Waals surface area contributed by atoms with Crippen LogP contribution in [0, 0.1) is 0 Å². The van der Waals surface area contributed by atoms with E-state index in [1.807, 2.05) is 13.0 Å². The molecule has 0 fully saturated rings. The Kier molecular flexibility index (Phi) is 3.23. The van der Waals surface area contributed by atoms with Crippen molar-refractivity contribution < 1.29 is 4.74 Å². The molecule has 1 heterocycles. The molecule has 0 saturated carbocycles. The fourth-order valence-corrected chi connectivity index (χ4v) is 2.59. The first kappa shape index (κ1) is 10.5. The fraction of sp³-hybridized carbons (Fsp3) is 0.333. The van der Waals surface area contributed by atoms with E-state index in [-0.39, 0.29) is 0 Å². The van der Waals surface area contributed by atoms with Crippen LogP contribution in [0.5, 0.6) is 5.75 Å². The van der Waals surface area contributed by atoms with Gasteiger partial charge in [0, 0.05) is 10.3 Å². The quantitative estimate of drug-likeness (QED) is 0.861. The lowest BCUT2D eigenvalue weighted by Gasteiger charge is -2.10. The van der Waals surface area contributed by atoms with Crippen molar-refractivity contribution in [1.82, 2.24) is 0 Å². The van der Waals surface area contributed by atoms with E-state index in [9.17, 15) is 0 Å².